The molecule has 13 heavy (non-hydrogen) atoms. The van der Waals surface area contributed by atoms with Crippen LogP contribution in [0.2, 0.25) is 5.02 Å². The third-order valence-electron chi connectivity index (χ3n) is 1.92. The molecule has 1 amide bonds. The van der Waals surface area contributed by atoms with E-state index in [2.05, 4.69) is 43.8 Å². The van der Waals surface area contributed by atoms with E-state index in [0.29, 0.717) is 17.1 Å². The first kappa shape index (κ1) is 9.73. The molecule has 1 N–H and O–H groups in total. The normalized spacial score (nSPS) is 14.2. The van der Waals surface area contributed by atoms with Crippen LogP contribution >= 0.6 is 50.1 Å². The molecule has 0 atom stereocenters. The van der Waals surface area contributed by atoms with Crippen molar-refractivity contribution in [3.63, 3.8) is 0 Å². The second kappa shape index (κ2) is 3.40. The summed E-state index contributed by atoms with van der Waals surface area (Å²) in [4.78, 5) is 11.4. The Hall–Kier alpha value is 0.190. The Labute approximate surface area is 102 Å². The Morgan fingerprint density at radius 2 is 2.31 bits per heavy atom. The fourth-order valence-electron chi connectivity index (χ4n) is 1.31. The lowest BCUT2D eigenvalue weighted by Crippen LogP contribution is -2.12. The molecule has 68 valence electrons. The largest absolute Gasteiger partial charge is 0.348 e. The number of carbonyl (C=O) groups is 1. The predicted molar refractivity (Wildman–Crippen MR) is 63.0 cm³/mol. The number of benzene rings is 1. The van der Waals surface area contributed by atoms with E-state index in [9.17, 15) is 4.79 Å². The molecule has 2 nitrogen and oxygen atoms in total. The van der Waals surface area contributed by atoms with Gasteiger partial charge in [0, 0.05) is 14.6 Å². The van der Waals surface area contributed by atoms with Gasteiger partial charge in [-0.2, -0.15) is 0 Å². The van der Waals surface area contributed by atoms with Gasteiger partial charge in [0.1, 0.15) is 0 Å². The summed E-state index contributed by atoms with van der Waals surface area (Å²) in [6, 6.07) is 1.76. The van der Waals surface area contributed by atoms with Gasteiger partial charge >= 0.3 is 0 Å². The minimum atomic E-state index is -0.0311. The first-order chi connectivity index (χ1) is 6.11. The number of amides is 1. The third kappa shape index (κ3) is 1.49. The van der Waals surface area contributed by atoms with Crippen LogP contribution in [0.1, 0.15) is 15.9 Å². The van der Waals surface area contributed by atoms with Crippen molar-refractivity contribution >= 4 is 56.0 Å². The van der Waals surface area contributed by atoms with Crippen molar-refractivity contribution < 1.29 is 4.79 Å². The first-order valence-corrected chi connectivity index (χ1v) is 5.81. The van der Waals surface area contributed by atoms with Crippen LogP contribution < -0.4 is 5.32 Å². The molecule has 1 aromatic carbocycles. The van der Waals surface area contributed by atoms with Gasteiger partial charge < -0.3 is 5.32 Å². The van der Waals surface area contributed by atoms with Crippen LogP contribution in [0.4, 0.5) is 0 Å². The molecule has 0 saturated carbocycles. The van der Waals surface area contributed by atoms with Gasteiger partial charge in [-0.25, -0.2) is 0 Å². The number of carbonyl (C=O) groups excluding carboxylic acids is 1. The lowest BCUT2D eigenvalue weighted by atomic mass is 10.1. The van der Waals surface area contributed by atoms with Gasteiger partial charge in [0.25, 0.3) is 5.91 Å². The van der Waals surface area contributed by atoms with Crippen molar-refractivity contribution in [1.29, 1.82) is 0 Å². The predicted octanol–water partition coefficient (Wildman–Crippen LogP) is 2.95. The third-order valence-corrected chi connectivity index (χ3v) is 4.40. The Kier molecular flexibility index (Phi) is 2.55. The van der Waals surface area contributed by atoms with Crippen LogP contribution in [-0.2, 0) is 6.54 Å². The van der Waals surface area contributed by atoms with E-state index in [4.69, 9.17) is 11.6 Å². The Balaban J connectivity index is 2.76. The van der Waals surface area contributed by atoms with Crippen molar-refractivity contribution in [2.24, 2.45) is 0 Å². The SMILES string of the molecule is O=C1NCc2c(I)c(Cl)cc(Br)c21. The van der Waals surface area contributed by atoms with Gasteiger partial charge in [0.2, 0.25) is 0 Å². The number of nitrogens with one attached hydrogen (secondary N) is 1. The van der Waals surface area contributed by atoms with Crippen molar-refractivity contribution in [3.8, 4) is 0 Å². The van der Waals surface area contributed by atoms with Crippen LogP contribution in [0.25, 0.3) is 0 Å². The van der Waals surface area contributed by atoms with Gasteiger partial charge in [0.05, 0.1) is 10.6 Å². The first-order valence-electron chi connectivity index (χ1n) is 3.56. The highest BCUT2D eigenvalue weighted by atomic mass is 127. The van der Waals surface area contributed by atoms with E-state index in [1.54, 1.807) is 6.07 Å². The number of hydrogen-bond donors (Lipinski definition) is 1. The van der Waals surface area contributed by atoms with E-state index >= 15 is 0 Å². The molecule has 1 aliphatic rings. The maximum atomic E-state index is 11.4. The monoisotopic (exact) mass is 371 g/mol. The van der Waals surface area contributed by atoms with E-state index in [1.807, 2.05) is 0 Å². The van der Waals surface area contributed by atoms with Crippen molar-refractivity contribution in [1.82, 2.24) is 5.32 Å². The molecule has 1 aliphatic heterocycles. The smallest absolute Gasteiger partial charge is 0.253 e. The van der Waals surface area contributed by atoms with Gasteiger partial charge in [-0.15, -0.1) is 0 Å². The maximum Gasteiger partial charge on any atom is 0.253 e. The highest BCUT2D eigenvalue weighted by Gasteiger charge is 2.25. The van der Waals surface area contributed by atoms with Crippen LogP contribution in [0.3, 0.4) is 0 Å². The van der Waals surface area contributed by atoms with Crippen LogP contribution in [0.15, 0.2) is 10.5 Å². The minimum absolute atomic E-state index is 0.0311. The molecule has 0 aromatic heterocycles. The molecular formula is C8H4BrClINO. The number of fused-ring (bicyclic) bond motifs is 1. The van der Waals surface area contributed by atoms with Gasteiger partial charge in [-0.05, 0) is 50.2 Å². The zero-order valence-electron chi connectivity index (χ0n) is 6.33. The second-order valence-electron chi connectivity index (χ2n) is 2.69. The summed E-state index contributed by atoms with van der Waals surface area (Å²) in [7, 11) is 0. The summed E-state index contributed by atoms with van der Waals surface area (Å²) in [6.07, 6.45) is 0. The molecule has 1 heterocycles. The average Bonchev–Trinajstić information content (AvgIpc) is 2.44. The standard InChI is InChI=1S/C8H4BrClINO/c9-4-1-5(10)7(11)3-2-12-8(13)6(3)4/h1H,2H2,(H,12,13). The quantitative estimate of drug-likeness (QED) is 0.551. The average molecular weight is 372 g/mol. The molecule has 2 rings (SSSR count). The Morgan fingerprint density at radius 3 is 3.00 bits per heavy atom. The lowest BCUT2D eigenvalue weighted by Gasteiger charge is -2.04. The van der Waals surface area contributed by atoms with Crippen molar-refractivity contribution in [2.45, 2.75) is 6.54 Å². The molecule has 0 fully saturated rings. The summed E-state index contributed by atoms with van der Waals surface area (Å²) in [5.41, 5.74) is 1.71. The number of rotatable bonds is 0. The summed E-state index contributed by atoms with van der Waals surface area (Å²) < 4.78 is 1.72. The molecule has 0 radical (unpaired) electrons. The summed E-state index contributed by atoms with van der Waals surface area (Å²) in [5.74, 6) is -0.0311. The molecule has 0 aliphatic carbocycles. The fourth-order valence-corrected chi connectivity index (χ4v) is 2.93. The summed E-state index contributed by atoms with van der Waals surface area (Å²) >= 11 is 11.4. The van der Waals surface area contributed by atoms with E-state index in [0.717, 1.165) is 13.6 Å². The number of halogens is 3. The van der Waals surface area contributed by atoms with Gasteiger partial charge in [-0.3, -0.25) is 4.79 Å². The highest BCUT2D eigenvalue weighted by Crippen LogP contribution is 2.33. The summed E-state index contributed by atoms with van der Waals surface area (Å²) in [5, 5.41) is 3.44. The maximum absolute atomic E-state index is 11.4. The highest BCUT2D eigenvalue weighted by molar-refractivity contribution is 14.1. The van der Waals surface area contributed by atoms with Crippen LogP contribution in [-0.4, -0.2) is 5.91 Å². The van der Waals surface area contributed by atoms with E-state index < -0.39 is 0 Å². The van der Waals surface area contributed by atoms with E-state index in [-0.39, 0.29) is 5.91 Å². The number of hydrogen-bond acceptors (Lipinski definition) is 1. The zero-order chi connectivity index (χ0) is 9.59. The molecule has 1 aromatic rings. The van der Waals surface area contributed by atoms with E-state index in [1.165, 1.54) is 0 Å². The Morgan fingerprint density at radius 1 is 1.62 bits per heavy atom. The lowest BCUT2D eigenvalue weighted by molar-refractivity contribution is 0.0965. The molecule has 0 spiro atoms. The van der Waals surface area contributed by atoms with Crippen LogP contribution in [0, 0.1) is 3.57 Å². The Bertz CT molecular complexity index is 408. The zero-order valence-corrected chi connectivity index (χ0v) is 10.8. The molecule has 0 bridgehead atoms. The molecule has 5 heteroatoms. The minimum Gasteiger partial charge on any atom is -0.348 e. The molecular weight excluding hydrogens is 368 g/mol. The fraction of sp³-hybridized carbons (Fsp3) is 0.125. The topological polar surface area (TPSA) is 29.1 Å². The van der Waals surface area contributed by atoms with Gasteiger partial charge in [0.15, 0.2) is 0 Å². The molecule has 0 saturated heterocycles. The van der Waals surface area contributed by atoms with Crippen molar-refractivity contribution in [2.75, 3.05) is 0 Å². The van der Waals surface area contributed by atoms with Crippen LogP contribution in [0.5, 0.6) is 0 Å². The molecule has 0 unspecified atom stereocenters. The second-order valence-corrected chi connectivity index (χ2v) is 5.03. The summed E-state index contributed by atoms with van der Waals surface area (Å²) in [6.45, 7) is 0.575. The van der Waals surface area contributed by atoms with Gasteiger partial charge in [-0.1, -0.05) is 11.6 Å². The van der Waals surface area contributed by atoms with Crippen molar-refractivity contribution in [3.05, 3.63) is 30.3 Å².